The van der Waals surface area contributed by atoms with E-state index >= 15 is 0 Å². The number of rotatable bonds is 8. The van der Waals surface area contributed by atoms with E-state index in [0.29, 0.717) is 23.4 Å². The number of nitrogens with zero attached hydrogens (tertiary/aromatic N) is 1. The van der Waals surface area contributed by atoms with Crippen LogP contribution in [0.2, 0.25) is 0 Å². The summed E-state index contributed by atoms with van der Waals surface area (Å²) in [5, 5.41) is 0.781. The largest absolute Gasteiger partial charge is 0.494 e. The van der Waals surface area contributed by atoms with E-state index in [1.165, 1.54) is 4.31 Å². The molecule has 0 aliphatic rings. The number of nitrogens with one attached hydrogen (secondary N) is 1. The van der Waals surface area contributed by atoms with Crippen molar-refractivity contribution in [1.29, 1.82) is 0 Å². The summed E-state index contributed by atoms with van der Waals surface area (Å²) >= 11 is 0. The summed E-state index contributed by atoms with van der Waals surface area (Å²) < 4.78 is 34.0. The van der Waals surface area contributed by atoms with E-state index in [1.807, 2.05) is 50.2 Å². The first-order valence-electron chi connectivity index (χ1n) is 10.8. The second-order valence-electron chi connectivity index (χ2n) is 7.88. The summed E-state index contributed by atoms with van der Waals surface area (Å²) in [4.78, 5) is 15.9. The minimum atomic E-state index is -3.85. The van der Waals surface area contributed by atoms with Crippen LogP contribution in [-0.4, -0.2) is 24.3 Å². The summed E-state index contributed by atoms with van der Waals surface area (Å²) in [5.74, 6) is 0.691. The molecule has 0 aliphatic heterocycles. The van der Waals surface area contributed by atoms with Crippen LogP contribution >= 0.6 is 0 Å². The maximum Gasteiger partial charge on any atom is 0.252 e. The van der Waals surface area contributed by atoms with Gasteiger partial charge >= 0.3 is 0 Å². The minimum Gasteiger partial charge on any atom is -0.494 e. The Kier molecular flexibility index (Phi) is 6.62. The van der Waals surface area contributed by atoms with Gasteiger partial charge in [0.2, 0.25) is 10.0 Å². The summed E-state index contributed by atoms with van der Waals surface area (Å²) in [6, 6.07) is 23.3. The molecule has 170 valence electrons. The lowest BCUT2D eigenvalue weighted by Gasteiger charge is -2.22. The van der Waals surface area contributed by atoms with E-state index in [9.17, 15) is 13.2 Å². The van der Waals surface area contributed by atoms with Gasteiger partial charge in [0.15, 0.2) is 0 Å². The molecule has 0 unspecified atom stereocenters. The number of benzene rings is 3. The number of pyridine rings is 1. The van der Waals surface area contributed by atoms with Gasteiger partial charge in [-0.05, 0) is 55.8 Å². The van der Waals surface area contributed by atoms with Crippen LogP contribution < -0.4 is 10.3 Å². The number of ether oxygens (including phenoxy) is 1. The highest BCUT2D eigenvalue weighted by molar-refractivity contribution is 7.89. The van der Waals surface area contributed by atoms with Crippen LogP contribution in [0.15, 0.2) is 88.6 Å². The molecule has 1 N–H and O–H groups in total. The highest BCUT2D eigenvalue weighted by atomic mass is 32.2. The van der Waals surface area contributed by atoms with Crippen molar-refractivity contribution in [2.24, 2.45) is 0 Å². The zero-order valence-corrected chi connectivity index (χ0v) is 19.4. The Balaban J connectivity index is 1.76. The molecule has 4 rings (SSSR count). The number of aryl methyl sites for hydroxylation is 1. The number of hydrogen-bond donors (Lipinski definition) is 1. The van der Waals surface area contributed by atoms with Crippen LogP contribution in [0.25, 0.3) is 10.9 Å². The van der Waals surface area contributed by atoms with Crippen molar-refractivity contribution in [1.82, 2.24) is 9.29 Å². The molecular weight excluding hydrogens is 436 g/mol. The SMILES string of the molecule is CCOc1ccc2[nH]c(=O)c(CN(Cc3ccccc3)S(=O)(=O)c3ccc(C)cc3)cc2c1. The quantitative estimate of drug-likeness (QED) is 0.414. The minimum absolute atomic E-state index is 0.0603. The molecule has 3 aromatic carbocycles. The van der Waals surface area contributed by atoms with Gasteiger partial charge in [0.25, 0.3) is 5.56 Å². The molecule has 1 aromatic heterocycles. The molecule has 4 aromatic rings. The molecule has 0 saturated carbocycles. The van der Waals surface area contributed by atoms with Gasteiger partial charge in [-0.1, -0.05) is 48.0 Å². The Hall–Kier alpha value is -3.42. The maximum absolute atomic E-state index is 13.6. The summed E-state index contributed by atoms with van der Waals surface area (Å²) in [6.45, 7) is 4.42. The first-order chi connectivity index (χ1) is 15.9. The molecule has 0 spiro atoms. The van der Waals surface area contributed by atoms with Gasteiger partial charge in [-0.25, -0.2) is 8.42 Å². The van der Waals surface area contributed by atoms with Crippen LogP contribution in [0.1, 0.15) is 23.6 Å². The van der Waals surface area contributed by atoms with Crippen molar-refractivity contribution in [2.45, 2.75) is 31.8 Å². The first-order valence-corrected chi connectivity index (χ1v) is 12.2. The van der Waals surface area contributed by atoms with Gasteiger partial charge in [-0.3, -0.25) is 4.79 Å². The third-order valence-corrected chi connectivity index (χ3v) is 7.22. The molecule has 33 heavy (non-hydrogen) atoms. The molecule has 0 saturated heterocycles. The fraction of sp³-hybridized carbons (Fsp3) is 0.192. The smallest absolute Gasteiger partial charge is 0.252 e. The van der Waals surface area contributed by atoms with Crippen LogP contribution in [0.3, 0.4) is 0 Å². The normalized spacial score (nSPS) is 11.7. The van der Waals surface area contributed by atoms with Gasteiger partial charge in [-0.2, -0.15) is 4.31 Å². The molecule has 1 heterocycles. The molecule has 0 amide bonds. The van der Waals surface area contributed by atoms with Crippen molar-refractivity contribution in [3.8, 4) is 5.75 Å². The van der Waals surface area contributed by atoms with Crippen molar-refractivity contribution >= 4 is 20.9 Å². The lowest BCUT2D eigenvalue weighted by Crippen LogP contribution is -2.32. The molecule has 6 nitrogen and oxygen atoms in total. The van der Waals surface area contributed by atoms with Crippen molar-refractivity contribution in [2.75, 3.05) is 6.61 Å². The van der Waals surface area contributed by atoms with E-state index in [0.717, 1.165) is 16.5 Å². The van der Waals surface area contributed by atoms with Crippen LogP contribution in [0.5, 0.6) is 5.75 Å². The summed E-state index contributed by atoms with van der Waals surface area (Å²) in [6.07, 6.45) is 0. The van der Waals surface area contributed by atoms with Crippen LogP contribution in [-0.2, 0) is 23.1 Å². The van der Waals surface area contributed by atoms with Crippen molar-refractivity contribution < 1.29 is 13.2 Å². The van der Waals surface area contributed by atoms with E-state index in [4.69, 9.17) is 4.74 Å². The predicted octanol–water partition coefficient (Wildman–Crippen LogP) is 4.63. The number of sulfonamides is 1. The van der Waals surface area contributed by atoms with Crippen LogP contribution in [0.4, 0.5) is 0 Å². The molecule has 0 bridgehead atoms. The third-order valence-electron chi connectivity index (χ3n) is 5.41. The number of H-pyrrole nitrogens is 1. The number of hydrogen-bond acceptors (Lipinski definition) is 4. The summed E-state index contributed by atoms with van der Waals surface area (Å²) in [7, 11) is -3.85. The number of aromatic amines is 1. The second-order valence-corrected chi connectivity index (χ2v) is 9.82. The van der Waals surface area contributed by atoms with Gasteiger partial charge < -0.3 is 9.72 Å². The Morgan fingerprint density at radius 1 is 0.909 bits per heavy atom. The third kappa shape index (κ3) is 5.16. The Morgan fingerprint density at radius 2 is 1.64 bits per heavy atom. The molecule has 0 aliphatic carbocycles. The standard InChI is InChI=1S/C26H26N2O4S/c1-3-32-23-11-14-25-21(16-23)15-22(26(29)27-25)18-28(17-20-7-5-4-6-8-20)33(30,31)24-12-9-19(2)10-13-24/h4-16H,3,17-18H2,1-2H3,(H,27,29). The Labute approximate surface area is 193 Å². The van der Waals surface area contributed by atoms with E-state index < -0.39 is 10.0 Å². The van der Waals surface area contributed by atoms with Crippen molar-refractivity contribution in [3.05, 3.63) is 106 Å². The van der Waals surface area contributed by atoms with E-state index in [2.05, 4.69) is 4.98 Å². The van der Waals surface area contributed by atoms with E-state index in [1.54, 1.807) is 42.5 Å². The Bertz CT molecular complexity index is 1410. The predicted molar refractivity (Wildman–Crippen MR) is 130 cm³/mol. The lowest BCUT2D eigenvalue weighted by molar-refractivity contribution is 0.340. The maximum atomic E-state index is 13.6. The van der Waals surface area contributed by atoms with E-state index in [-0.39, 0.29) is 23.5 Å². The number of aromatic nitrogens is 1. The van der Waals surface area contributed by atoms with Gasteiger partial charge in [0, 0.05) is 29.6 Å². The average Bonchev–Trinajstić information content (AvgIpc) is 2.80. The Morgan fingerprint density at radius 3 is 2.33 bits per heavy atom. The van der Waals surface area contributed by atoms with Gasteiger partial charge in [0.1, 0.15) is 5.75 Å². The molecule has 0 fully saturated rings. The monoisotopic (exact) mass is 462 g/mol. The second kappa shape index (κ2) is 9.60. The highest BCUT2D eigenvalue weighted by Gasteiger charge is 2.26. The first kappa shape index (κ1) is 22.8. The average molecular weight is 463 g/mol. The molecule has 0 radical (unpaired) electrons. The molecule has 0 atom stereocenters. The fourth-order valence-electron chi connectivity index (χ4n) is 3.67. The van der Waals surface area contributed by atoms with Crippen molar-refractivity contribution in [3.63, 3.8) is 0 Å². The topological polar surface area (TPSA) is 79.5 Å². The lowest BCUT2D eigenvalue weighted by atomic mass is 10.1. The fourth-order valence-corrected chi connectivity index (χ4v) is 5.07. The van der Waals surface area contributed by atoms with Gasteiger partial charge in [0.05, 0.1) is 11.5 Å². The zero-order chi connectivity index (χ0) is 23.4. The number of fused-ring (bicyclic) bond motifs is 1. The molecular formula is C26H26N2O4S. The zero-order valence-electron chi connectivity index (χ0n) is 18.6. The van der Waals surface area contributed by atoms with Gasteiger partial charge in [-0.15, -0.1) is 0 Å². The summed E-state index contributed by atoms with van der Waals surface area (Å²) in [5.41, 5.74) is 2.53. The highest BCUT2D eigenvalue weighted by Crippen LogP contribution is 2.23. The molecule has 7 heteroatoms. The van der Waals surface area contributed by atoms with Crippen LogP contribution in [0, 0.1) is 6.92 Å².